The first-order chi connectivity index (χ1) is 10.7. The number of aryl methyl sites for hydroxylation is 3. The fourth-order valence-corrected chi connectivity index (χ4v) is 3.27. The molecule has 2 heterocycles. The Morgan fingerprint density at radius 2 is 1.82 bits per heavy atom. The molecule has 0 aliphatic carbocycles. The van der Waals surface area contributed by atoms with Gasteiger partial charge in [0.05, 0.1) is 25.4 Å². The van der Waals surface area contributed by atoms with Crippen LogP contribution in [0.4, 0.5) is 0 Å². The molecule has 0 atom stereocenters. The van der Waals surface area contributed by atoms with E-state index in [-0.39, 0.29) is 0 Å². The van der Waals surface area contributed by atoms with Crippen LogP contribution in [0.1, 0.15) is 11.1 Å². The first kappa shape index (κ1) is 13.2. The average molecular weight is 294 g/mol. The molecule has 3 aromatic rings. The Morgan fingerprint density at radius 1 is 1.05 bits per heavy atom. The lowest BCUT2D eigenvalue weighted by atomic mass is 9.95. The van der Waals surface area contributed by atoms with Gasteiger partial charge in [0.1, 0.15) is 0 Å². The summed E-state index contributed by atoms with van der Waals surface area (Å²) >= 11 is 0. The van der Waals surface area contributed by atoms with E-state index in [0.29, 0.717) is 0 Å². The summed E-state index contributed by atoms with van der Waals surface area (Å²) in [6, 6.07) is 10.6. The van der Waals surface area contributed by atoms with Gasteiger partial charge < -0.3 is 9.47 Å². The molecule has 1 aliphatic heterocycles. The second-order valence-corrected chi connectivity index (χ2v) is 5.71. The standard InChI is InChI=1S/C18H18N2O2/c1-11-4-5-15-14(8-11)18-13-10-17(22-3)16(21-2)9-12(13)6-7-20(18)19-15/h4-5,8-10H,6-7H2,1-3H3. The van der Waals surface area contributed by atoms with E-state index in [2.05, 4.69) is 41.9 Å². The van der Waals surface area contributed by atoms with E-state index in [1.165, 1.54) is 27.8 Å². The summed E-state index contributed by atoms with van der Waals surface area (Å²) in [6.07, 6.45) is 0.954. The molecule has 0 N–H and O–H groups in total. The molecule has 22 heavy (non-hydrogen) atoms. The van der Waals surface area contributed by atoms with Crippen LogP contribution in [0.15, 0.2) is 30.3 Å². The molecule has 4 nitrogen and oxygen atoms in total. The highest BCUT2D eigenvalue weighted by atomic mass is 16.5. The molecular weight excluding hydrogens is 276 g/mol. The SMILES string of the molecule is COc1cc2c(cc1OC)-c1c3cc(C)ccc3nn1CC2. The third-order valence-corrected chi connectivity index (χ3v) is 4.35. The van der Waals surface area contributed by atoms with Crippen molar-refractivity contribution >= 4 is 10.9 Å². The van der Waals surface area contributed by atoms with Gasteiger partial charge in [0, 0.05) is 17.5 Å². The monoisotopic (exact) mass is 294 g/mol. The molecule has 0 saturated heterocycles. The Kier molecular flexibility index (Phi) is 2.86. The minimum absolute atomic E-state index is 0.761. The number of hydrogen-bond acceptors (Lipinski definition) is 3. The van der Waals surface area contributed by atoms with Gasteiger partial charge in [-0.1, -0.05) is 11.6 Å². The molecule has 2 aromatic carbocycles. The fourth-order valence-electron chi connectivity index (χ4n) is 3.27. The predicted molar refractivity (Wildman–Crippen MR) is 86.7 cm³/mol. The lowest BCUT2D eigenvalue weighted by molar-refractivity contribution is 0.354. The van der Waals surface area contributed by atoms with Gasteiger partial charge in [-0.15, -0.1) is 0 Å². The minimum Gasteiger partial charge on any atom is -0.493 e. The van der Waals surface area contributed by atoms with Crippen molar-refractivity contribution in [1.82, 2.24) is 9.78 Å². The topological polar surface area (TPSA) is 36.3 Å². The van der Waals surface area contributed by atoms with Crippen LogP contribution in [0.25, 0.3) is 22.2 Å². The van der Waals surface area contributed by atoms with E-state index in [4.69, 9.17) is 14.6 Å². The van der Waals surface area contributed by atoms with Crippen molar-refractivity contribution in [2.75, 3.05) is 14.2 Å². The van der Waals surface area contributed by atoms with E-state index in [1.54, 1.807) is 14.2 Å². The van der Waals surface area contributed by atoms with Gasteiger partial charge >= 0.3 is 0 Å². The summed E-state index contributed by atoms with van der Waals surface area (Å²) in [6.45, 7) is 3.01. The van der Waals surface area contributed by atoms with Crippen LogP contribution in [-0.4, -0.2) is 24.0 Å². The van der Waals surface area contributed by atoms with Crippen LogP contribution < -0.4 is 9.47 Å². The molecule has 0 fully saturated rings. The molecular formula is C18H18N2O2. The van der Waals surface area contributed by atoms with Gasteiger partial charge in [-0.2, -0.15) is 5.10 Å². The van der Waals surface area contributed by atoms with Gasteiger partial charge in [-0.3, -0.25) is 4.68 Å². The van der Waals surface area contributed by atoms with Gasteiger partial charge in [0.25, 0.3) is 0 Å². The van der Waals surface area contributed by atoms with Crippen molar-refractivity contribution in [3.63, 3.8) is 0 Å². The van der Waals surface area contributed by atoms with Crippen LogP contribution in [0.2, 0.25) is 0 Å². The summed E-state index contributed by atoms with van der Waals surface area (Å²) in [7, 11) is 3.35. The summed E-state index contributed by atoms with van der Waals surface area (Å²) in [4.78, 5) is 0. The Hall–Kier alpha value is -2.49. The van der Waals surface area contributed by atoms with Crippen molar-refractivity contribution in [2.45, 2.75) is 19.9 Å². The molecule has 0 saturated carbocycles. The highest BCUT2D eigenvalue weighted by Crippen LogP contribution is 2.41. The number of nitrogens with zero attached hydrogens (tertiary/aromatic N) is 2. The third kappa shape index (κ3) is 1.80. The number of rotatable bonds is 2. The van der Waals surface area contributed by atoms with E-state index in [9.17, 15) is 0 Å². The highest BCUT2D eigenvalue weighted by Gasteiger charge is 2.23. The number of hydrogen-bond donors (Lipinski definition) is 0. The average Bonchev–Trinajstić information content (AvgIpc) is 2.91. The lowest BCUT2D eigenvalue weighted by Crippen LogP contribution is -2.12. The zero-order valence-electron chi connectivity index (χ0n) is 13.0. The Balaban J connectivity index is 2.03. The smallest absolute Gasteiger partial charge is 0.161 e. The van der Waals surface area contributed by atoms with Gasteiger partial charge in [0.15, 0.2) is 11.5 Å². The zero-order chi connectivity index (χ0) is 15.3. The summed E-state index contributed by atoms with van der Waals surface area (Å²) in [5, 5.41) is 5.94. The maximum Gasteiger partial charge on any atom is 0.161 e. The number of aromatic nitrogens is 2. The molecule has 4 rings (SSSR count). The quantitative estimate of drug-likeness (QED) is 0.724. The van der Waals surface area contributed by atoms with Crippen LogP contribution >= 0.6 is 0 Å². The van der Waals surface area contributed by atoms with E-state index in [0.717, 1.165) is 30.0 Å². The first-order valence-corrected chi connectivity index (χ1v) is 7.43. The Bertz CT molecular complexity index is 880. The molecule has 4 heteroatoms. The Morgan fingerprint density at radius 3 is 2.59 bits per heavy atom. The van der Waals surface area contributed by atoms with Crippen molar-refractivity contribution in [2.24, 2.45) is 0 Å². The molecule has 0 spiro atoms. The Labute approximate surface area is 129 Å². The van der Waals surface area contributed by atoms with Gasteiger partial charge in [-0.05, 0) is 43.2 Å². The number of benzene rings is 2. The zero-order valence-corrected chi connectivity index (χ0v) is 13.0. The van der Waals surface area contributed by atoms with Gasteiger partial charge in [0.2, 0.25) is 0 Å². The van der Waals surface area contributed by atoms with Crippen LogP contribution in [0.5, 0.6) is 11.5 Å². The molecule has 0 bridgehead atoms. The summed E-state index contributed by atoms with van der Waals surface area (Å²) in [5.74, 6) is 1.55. The van der Waals surface area contributed by atoms with E-state index >= 15 is 0 Å². The van der Waals surface area contributed by atoms with Gasteiger partial charge in [-0.25, -0.2) is 0 Å². The van der Waals surface area contributed by atoms with E-state index < -0.39 is 0 Å². The van der Waals surface area contributed by atoms with E-state index in [1.807, 2.05) is 0 Å². The lowest BCUT2D eigenvalue weighted by Gasteiger charge is -2.20. The second-order valence-electron chi connectivity index (χ2n) is 5.71. The molecule has 112 valence electrons. The molecule has 0 amide bonds. The van der Waals surface area contributed by atoms with Crippen LogP contribution in [0, 0.1) is 6.92 Å². The number of fused-ring (bicyclic) bond motifs is 5. The fraction of sp³-hybridized carbons (Fsp3) is 0.278. The normalized spacial score (nSPS) is 12.9. The molecule has 0 radical (unpaired) electrons. The van der Waals surface area contributed by atoms with Crippen molar-refractivity contribution in [3.8, 4) is 22.8 Å². The van der Waals surface area contributed by atoms with Crippen molar-refractivity contribution in [3.05, 3.63) is 41.5 Å². The van der Waals surface area contributed by atoms with Crippen molar-refractivity contribution in [1.29, 1.82) is 0 Å². The largest absolute Gasteiger partial charge is 0.493 e. The minimum atomic E-state index is 0.761. The van der Waals surface area contributed by atoms with Crippen LogP contribution in [0.3, 0.4) is 0 Å². The first-order valence-electron chi connectivity index (χ1n) is 7.43. The molecule has 1 aliphatic rings. The predicted octanol–water partition coefficient (Wildman–Crippen LogP) is 3.59. The molecule has 1 aromatic heterocycles. The highest BCUT2D eigenvalue weighted by molar-refractivity contribution is 5.95. The number of ether oxygens (including phenoxy) is 2. The molecule has 0 unspecified atom stereocenters. The third-order valence-electron chi connectivity index (χ3n) is 4.35. The second kappa shape index (κ2) is 4.77. The number of methoxy groups -OCH3 is 2. The maximum atomic E-state index is 5.48. The summed E-state index contributed by atoms with van der Waals surface area (Å²) in [5.41, 5.74) is 5.95. The van der Waals surface area contributed by atoms with Crippen LogP contribution in [-0.2, 0) is 13.0 Å². The van der Waals surface area contributed by atoms with Crippen molar-refractivity contribution < 1.29 is 9.47 Å². The summed E-state index contributed by atoms with van der Waals surface area (Å²) < 4.78 is 13.0. The maximum absolute atomic E-state index is 5.48.